The normalized spacial score (nSPS) is 13.2. The predicted molar refractivity (Wildman–Crippen MR) is 83.9 cm³/mol. The largest absolute Gasteiger partial charge is 0.482 e. The third-order valence-corrected chi connectivity index (χ3v) is 3.68. The van der Waals surface area contributed by atoms with E-state index in [0.717, 1.165) is 12.1 Å². The summed E-state index contributed by atoms with van der Waals surface area (Å²) in [5.41, 5.74) is 0.0724. The van der Waals surface area contributed by atoms with Crippen molar-refractivity contribution in [3.05, 3.63) is 53.8 Å². The second kappa shape index (κ2) is 6.84. The van der Waals surface area contributed by atoms with Gasteiger partial charge in [-0.25, -0.2) is 13.2 Å². The number of nitrogens with zero attached hydrogens (tertiary/aromatic N) is 1. The molecule has 2 amide bonds. The number of benzene rings is 2. The van der Waals surface area contributed by atoms with Gasteiger partial charge in [-0.05, 0) is 24.3 Å². The SMILES string of the molecule is O=C(CCN1C(=O)COc2ccccc21)Nc1ccc(F)c(F)c1F. The Morgan fingerprint density at radius 2 is 1.88 bits per heavy atom. The van der Waals surface area contributed by atoms with Gasteiger partial charge in [-0.3, -0.25) is 9.59 Å². The molecule has 130 valence electrons. The van der Waals surface area contributed by atoms with Gasteiger partial charge in [0.05, 0.1) is 11.4 Å². The number of fused-ring (bicyclic) bond motifs is 1. The van der Waals surface area contributed by atoms with Crippen LogP contribution in [0.3, 0.4) is 0 Å². The third kappa shape index (κ3) is 3.42. The van der Waals surface area contributed by atoms with E-state index in [2.05, 4.69) is 5.32 Å². The van der Waals surface area contributed by atoms with Crippen molar-refractivity contribution in [2.75, 3.05) is 23.4 Å². The molecule has 1 aliphatic heterocycles. The van der Waals surface area contributed by atoms with Crippen molar-refractivity contribution >= 4 is 23.2 Å². The van der Waals surface area contributed by atoms with Gasteiger partial charge in [-0.2, -0.15) is 0 Å². The molecule has 3 rings (SSSR count). The van der Waals surface area contributed by atoms with Gasteiger partial charge in [-0.15, -0.1) is 0 Å². The molecule has 0 aliphatic carbocycles. The standard InChI is InChI=1S/C17H13F3N2O3/c18-10-5-6-11(17(20)16(10)19)21-14(23)7-8-22-12-3-1-2-4-13(12)25-9-15(22)24/h1-6H,7-9H2,(H,21,23). The van der Waals surface area contributed by atoms with E-state index in [1.165, 1.54) is 4.90 Å². The summed E-state index contributed by atoms with van der Waals surface area (Å²) in [5.74, 6) is -4.90. The molecule has 25 heavy (non-hydrogen) atoms. The van der Waals surface area contributed by atoms with Crippen LogP contribution in [-0.2, 0) is 9.59 Å². The molecule has 1 aliphatic rings. The van der Waals surface area contributed by atoms with Gasteiger partial charge in [0.1, 0.15) is 5.75 Å². The fourth-order valence-corrected chi connectivity index (χ4v) is 2.45. The van der Waals surface area contributed by atoms with Crippen molar-refractivity contribution in [3.63, 3.8) is 0 Å². The van der Waals surface area contributed by atoms with E-state index in [-0.39, 0.29) is 25.5 Å². The molecule has 0 spiro atoms. The number of nitrogens with one attached hydrogen (secondary N) is 1. The Hall–Kier alpha value is -3.03. The summed E-state index contributed by atoms with van der Waals surface area (Å²) in [5, 5.41) is 2.17. The van der Waals surface area contributed by atoms with Crippen molar-refractivity contribution in [2.45, 2.75) is 6.42 Å². The quantitative estimate of drug-likeness (QED) is 0.863. The van der Waals surface area contributed by atoms with Crippen LogP contribution in [0.5, 0.6) is 5.75 Å². The molecule has 2 aromatic rings. The number of anilines is 2. The first kappa shape index (κ1) is 16.8. The first-order valence-corrected chi connectivity index (χ1v) is 7.43. The lowest BCUT2D eigenvalue weighted by molar-refractivity contribution is -0.121. The minimum atomic E-state index is -1.66. The third-order valence-electron chi connectivity index (χ3n) is 3.68. The Morgan fingerprint density at radius 1 is 1.12 bits per heavy atom. The minimum absolute atomic E-state index is 0.0380. The highest BCUT2D eigenvalue weighted by atomic mass is 19.2. The second-order valence-electron chi connectivity index (χ2n) is 5.32. The summed E-state index contributed by atoms with van der Waals surface area (Å²) >= 11 is 0. The van der Waals surface area contributed by atoms with Gasteiger partial charge in [0.15, 0.2) is 24.1 Å². The minimum Gasteiger partial charge on any atom is -0.482 e. The van der Waals surface area contributed by atoms with Crippen molar-refractivity contribution in [1.29, 1.82) is 0 Å². The molecule has 0 atom stereocenters. The Morgan fingerprint density at radius 3 is 2.68 bits per heavy atom. The maximum atomic E-state index is 13.6. The topological polar surface area (TPSA) is 58.6 Å². The Bertz CT molecular complexity index is 842. The Balaban J connectivity index is 1.67. The highest BCUT2D eigenvalue weighted by Crippen LogP contribution is 2.31. The predicted octanol–water partition coefficient (Wildman–Crippen LogP) is 2.86. The monoisotopic (exact) mass is 350 g/mol. The van der Waals surface area contributed by atoms with E-state index in [1.54, 1.807) is 24.3 Å². The summed E-state index contributed by atoms with van der Waals surface area (Å²) in [6, 6.07) is 8.51. The number of para-hydroxylation sites is 2. The van der Waals surface area contributed by atoms with E-state index < -0.39 is 29.0 Å². The molecule has 0 aromatic heterocycles. The molecule has 0 unspecified atom stereocenters. The Kier molecular flexibility index (Phi) is 4.60. The summed E-state index contributed by atoms with van der Waals surface area (Å²) in [6.45, 7) is -0.104. The fraction of sp³-hybridized carbons (Fsp3) is 0.176. The van der Waals surface area contributed by atoms with Gasteiger partial charge in [-0.1, -0.05) is 12.1 Å². The molecule has 0 bridgehead atoms. The maximum Gasteiger partial charge on any atom is 0.265 e. The van der Waals surface area contributed by atoms with Crippen LogP contribution >= 0.6 is 0 Å². The van der Waals surface area contributed by atoms with Gasteiger partial charge in [0.2, 0.25) is 5.91 Å². The first-order valence-electron chi connectivity index (χ1n) is 7.43. The molecule has 0 saturated carbocycles. The fourth-order valence-electron chi connectivity index (χ4n) is 2.45. The van der Waals surface area contributed by atoms with Crippen LogP contribution in [0.2, 0.25) is 0 Å². The molecule has 8 heteroatoms. The highest BCUT2D eigenvalue weighted by molar-refractivity contribution is 5.99. The van der Waals surface area contributed by atoms with E-state index in [4.69, 9.17) is 4.74 Å². The first-order chi connectivity index (χ1) is 12.0. The number of halogens is 3. The molecular formula is C17H13F3N2O3. The number of hydrogen-bond donors (Lipinski definition) is 1. The van der Waals surface area contributed by atoms with Gasteiger partial charge in [0, 0.05) is 13.0 Å². The molecule has 1 heterocycles. The highest BCUT2D eigenvalue weighted by Gasteiger charge is 2.25. The number of amides is 2. The molecule has 0 saturated heterocycles. The van der Waals surface area contributed by atoms with Crippen LogP contribution in [0, 0.1) is 17.5 Å². The molecule has 1 N–H and O–H groups in total. The zero-order chi connectivity index (χ0) is 18.0. The molecule has 2 aromatic carbocycles. The van der Waals surface area contributed by atoms with Gasteiger partial charge >= 0.3 is 0 Å². The average Bonchev–Trinajstić information content (AvgIpc) is 2.61. The Labute approximate surface area is 141 Å². The van der Waals surface area contributed by atoms with Crippen molar-refractivity contribution in [2.24, 2.45) is 0 Å². The van der Waals surface area contributed by atoms with E-state index in [9.17, 15) is 22.8 Å². The molecule has 5 nitrogen and oxygen atoms in total. The van der Waals surface area contributed by atoms with E-state index >= 15 is 0 Å². The lowest BCUT2D eigenvalue weighted by Gasteiger charge is -2.29. The van der Waals surface area contributed by atoms with Crippen molar-refractivity contribution in [1.82, 2.24) is 0 Å². The summed E-state index contributed by atoms with van der Waals surface area (Å²) < 4.78 is 44.9. The second-order valence-corrected chi connectivity index (χ2v) is 5.32. The zero-order valence-electron chi connectivity index (χ0n) is 12.9. The lowest BCUT2D eigenvalue weighted by atomic mass is 10.2. The number of hydrogen-bond acceptors (Lipinski definition) is 3. The smallest absolute Gasteiger partial charge is 0.265 e. The average molecular weight is 350 g/mol. The van der Waals surface area contributed by atoms with Crippen LogP contribution in [-0.4, -0.2) is 25.0 Å². The zero-order valence-corrected chi connectivity index (χ0v) is 12.9. The molecule has 0 radical (unpaired) electrons. The summed E-state index contributed by atoms with van der Waals surface area (Å²) in [4.78, 5) is 25.3. The van der Waals surface area contributed by atoms with Crippen LogP contribution in [0.4, 0.5) is 24.5 Å². The molecule has 0 fully saturated rings. The van der Waals surface area contributed by atoms with Crippen LogP contribution in [0.15, 0.2) is 36.4 Å². The van der Waals surface area contributed by atoms with Crippen molar-refractivity contribution in [3.8, 4) is 5.75 Å². The number of rotatable bonds is 4. The van der Waals surface area contributed by atoms with E-state index in [0.29, 0.717) is 11.4 Å². The number of ether oxygens (including phenoxy) is 1. The van der Waals surface area contributed by atoms with E-state index in [1.807, 2.05) is 0 Å². The number of carbonyl (C=O) groups excluding carboxylic acids is 2. The van der Waals surface area contributed by atoms with Crippen LogP contribution < -0.4 is 15.0 Å². The van der Waals surface area contributed by atoms with Crippen LogP contribution in [0.1, 0.15) is 6.42 Å². The maximum absolute atomic E-state index is 13.6. The van der Waals surface area contributed by atoms with Gasteiger partial charge < -0.3 is 15.0 Å². The van der Waals surface area contributed by atoms with Gasteiger partial charge in [0.25, 0.3) is 5.91 Å². The van der Waals surface area contributed by atoms with Crippen LogP contribution in [0.25, 0.3) is 0 Å². The summed E-state index contributed by atoms with van der Waals surface area (Å²) in [6.07, 6.45) is -0.154. The molecular weight excluding hydrogens is 337 g/mol. The number of carbonyl (C=O) groups is 2. The summed E-state index contributed by atoms with van der Waals surface area (Å²) in [7, 11) is 0. The van der Waals surface area contributed by atoms with Crippen molar-refractivity contribution < 1.29 is 27.5 Å². The lowest BCUT2D eigenvalue weighted by Crippen LogP contribution is -2.40.